The first-order valence-corrected chi connectivity index (χ1v) is 9.65. The van der Waals surface area contributed by atoms with Crippen LogP contribution in [0.1, 0.15) is 4.88 Å². The largest absolute Gasteiger partial charge is 0.493 e. The molecule has 3 aromatic rings. The number of aromatic nitrogens is 1. The average molecular weight is 387 g/mol. The number of fused-ring (bicyclic) bond motifs is 1. The van der Waals surface area contributed by atoms with Gasteiger partial charge in [0, 0.05) is 16.6 Å². The number of rotatable bonds is 4. The Labute approximate surface area is 157 Å². The normalized spacial score (nSPS) is 14.1. The standard InChI is InChI=1S/C18H17N3O3S2/c1-23-14-6-5-12(8-15(14)24-2)20-10-19-18-21(11-20)17(22)16(26-18)9-13-4-3-7-25-13/h3-9H,10-11H2,1-2H3. The Morgan fingerprint density at radius 1 is 1.19 bits per heavy atom. The van der Waals surface area contributed by atoms with Crippen LogP contribution in [0.15, 0.2) is 45.5 Å². The lowest BCUT2D eigenvalue weighted by molar-refractivity contribution is 0.355. The van der Waals surface area contributed by atoms with E-state index in [9.17, 15) is 4.79 Å². The van der Waals surface area contributed by atoms with E-state index in [0.29, 0.717) is 29.4 Å². The molecule has 0 aliphatic carbocycles. The predicted molar refractivity (Wildman–Crippen MR) is 104 cm³/mol. The van der Waals surface area contributed by atoms with Crippen molar-refractivity contribution in [1.29, 1.82) is 0 Å². The van der Waals surface area contributed by atoms with E-state index in [0.717, 1.165) is 15.4 Å². The molecule has 1 aromatic carbocycles. The fraction of sp³-hybridized carbons (Fsp3) is 0.222. The molecule has 2 aromatic heterocycles. The molecule has 0 radical (unpaired) electrons. The Hall–Kier alpha value is -2.58. The Kier molecular flexibility index (Phi) is 4.52. The molecule has 0 saturated carbocycles. The van der Waals surface area contributed by atoms with Crippen molar-refractivity contribution in [1.82, 2.24) is 4.57 Å². The van der Waals surface area contributed by atoms with Gasteiger partial charge < -0.3 is 14.4 Å². The zero-order chi connectivity index (χ0) is 18.1. The number of ether oxygens (including phenoxy) is 2. The van der Waals surface area contributed by atoms with Crippen LogP contribution in [0.5, 0.6) is 11.5 Å². The predicted octanol–water partition coefficient (Wildman–Crippen LogP) is 1.87. The van der Waals surface area contributed by atoms with Crippen molar-refractivity contribution in [3.8, 4) is 11.5 Å². The third kappa shape index (κ3) is 3.02. The lowest BCUT2D eigenvalue weighted by atomic mass is 10.2. The van der Waals surface area contributed by atoms with Gasteiger partial charge in [0.25, 0.3) is 5.56 Å². The van der Waals surface area contributed by atoms with E-state index < -0.39 is 0 Å². The zero-order valence-corrected chi connectivity index (χ0v) is 16.0. The summed E-state index contributed by atoms with van der Waals surface area (Å²) in [5.41, 5.74) is 0.922. The van der Waals surface area contributed by atoms with Crippen molar-refractivity contribution in [3.63, 3.8) is 0 Å². The fourth-order valence-corrected chi connectivity index (χ4v) is 4.48. The summed E-state index contributed by atoms with van der Waals surface area (Å²) in [6, 6.07) is 9.68. The minimum absolute atomic E-state index is 0.00710. The van der Waals surface area contributed by atoms with Gasteiger partial charge in [-0.05, 0) is 29.7 Å². The van der Waals surface area contributed by atoms with Crippen molar-refractivity contribution in [2.75, 3.05) is 25.8 Å². The van der Waals surface area contributed by atoms with Crippen LogP contribution in [0, 0.1) is 0 Å². The van der Waals surface area contributed by atoms with Gasteiger partial charge in [-0.1, -0.05) is 17.4 Å². The fourth-order valence-electron chi connectivity index (χ4n) is 2.80. The third-order valence-electron chi connectivity index (χ3n) is 4.13. The molecule has 4 rings (SSSR count). The molecule has 0 atom stereocenters. The first-order valence-electron chi connectivity index (χ1n) is 7.96. The highest BCUT2D eigenvalue weighted by molar-refractivity contribution is 7.11. The van der Waals surface area contributed by atoms with E-state index in [1.165, 1.54) is 11.3 Å². The molecule has 0 N–H and O–H groups in total. The minimum atomic E-state index is -0.00710. The van der Waals surface area contributed by atoms with Crippen LogP contribution in [0.25, 0.3) is 6.08 Å². The third-order valence-corrected chi connectivity index (χ3v) is 5.99. The minimum Gasteiger partial charge on any atom is -0.493 e. The van der Waals surface area contributed by atoms with Crippen LogP contribution in [0.2, 0.25) is 0 Å². The van der Waals surface area contributed by atoms with Crippen LogP contribution in [-0.2, 0) is 6.67 Å². The van der Waals surface area contributed by atoms with Crippen LogP contribution in [0.3, 0.4) is 0 Å². The van der Waals surface area contributed by atoms with Crippen LogP contribution in [-0.4, -0.2) is 25.5 Å². The summed E-state index contributed by atoms with van der Waals surface area (Å²) in [5.74, 6) is 1.33. The number of hydrogen-bond acceptors (Lipinski definition) is 7. The highest BCUT2D eigenvalue weighted by atomic mass is 32.1. The summed E-state index contributed by atoms with van der Waals surface area (Å²) < 4.78 is 13.1. The molecule has 0 amide bonds. The molecular formula is C18H17N3O3S2. The first kappa shape index (κ1) is 16.9. The van der Waals surface area contributed by atoms with Gasteiger partial charge in [0.1, 0.15) is 13.3 Å². The summed E-state index contributed by atoms with van der Waals surface area (Å²) in [5, 5.41) is 2.00. The summed E-state index contributed by atoms with van der Waals surface area (Å²) in [4.78, 5) is 21.2. The van der Waals surface area contributed by atoms with Crippen LogP contribution < -0.4 is 29.3 Å². The molecule has 0 unspecified atom stereocenters. The molecule has 0 bridgehead atoms. The molecule has 3 heterocycles. The van der Waals surface area contributed by atoms with E-state index in [4.69, 9.17) is 9.47 Å². The molecule has 26 heavy (non-hydrogen) atoms. The highest BCUT2D eigenvalue weighted by Crippen LogP contribution is 2.31. The molecular weight excluding hydrogens is 370 g/mol. The van der Waals surface area contributed by atoms with E-state index in [1.807, 2.05) is 46.7 Å². The van der Waals surface area contributed by atoms with E-state index in [1.54, 1.807) is 30.1 Å². The molecule has 134 valence electrons. The number of benzene rings is 1. The maximum absolute atomic E-state index is 12.8. The number of nitrogens with zero attached hydrogens (tertiary/aromatic N) is 3. The van der Waals surface area contributed by atoms with Crippen molar-refractivity contribution in [2.45, 2.75) is 6.67 Å². The maximum Gasteiger partial charge on any atom is 0.271 e. The number of hydrogen-bond donors (Lipinski definition) is 0. The van der Waals surface area contributed by atoms with E-state index >= 15 is 0 Å². The molecule has 1 aliphatic rings. The first-order chi connectivity index (χ1) is 12.7. The topological polar surface area (TPSA) is 56.1 Å². The van der Waals surface area contributed by atoms with Crippen LogP contribution in [0.4, 0.5) is 5.69 Å². The molecule has 6 nitrogen and oxygen atoms in total. The second-order valence-corrected chi connectivity index (χ2v) is 7.65. The molecule has 8 heteroatoms. The van der Waals surface area contributed by atoms with E-state index in [-0.39, 0.29) is 5.56 Å². The van der Waals surface area contributed by atoms with Crippen molar-refractivity contribution in [2.24, 2.45) is 4.99 Å². The molecule has 1 aliphatic heterocycles. The van der Waals surface area contributed by atoms with Gasteiger partial charge in [-0.2, -0.15) is 0 Å². The maximum atomic E-state index is 12.8. The van der Waals surface area contributed by atoms with Crippen molar-refractivity contribution in [3.05, 3.63) is 60.3 Å². The summed E-state index contributed by atoms with van der Waals surface area (Å²) in [6.45, 7) is 0.954. The quantitative estimate of drug-likeness (QED) is 0.686. The molecule has 0 fully saturated rings. The monoisotopic (exact) mass is 387 g/mol. The summed E-state index contributed by atoms with van der Waals surface area (Å²) in [6.07, 6.45) is 1.93. The lowest BCUT2D eigenvalue weighted by Gasteiger charge is -2.26. The van der Waals surface area contributed by atoms with Gasteiger partial charge in [-0.3, -0.25) is 9.36 Å². The zero-order valence-electron chi connectivity index (χ0n) is 14.3. The average Bonchev–Trinajstić information content (AvgIpc) is 3.29. The Balaban J connectivity index is 1.69. The number of thiophene rings is 1. The van der Waals surface area contributed by atoms with Crippen molar-refractivity contribution >= 4 is 34.4 Å². The lowest BCUT2D eigenvalue weighted by Crippen LogP contribution is -2.42. The number of thiazole rings is 1. The Morgan fingerprint density at radius 3 is 2.77 bits per heavy atom. The number of methoxy groups -OCH3 is 2. The molecule has 0 saturated heterocycles. The van der Waals surface area contributed by atoms with Gasteiger partial charge in [0.2, 0.25) is 0 Å². The van der Waals surface area contributed by atoms with E-state index in [2.05, 4.69) is 4.99 Å². The summed E-state index contributed by atoms with van der Waals surface area (Å²) in [7, 11) is 3.22. The van der Waals surface area contributed by atoms with Crippen molar-refractivity contribution < 1.29 is 9.47 Å². The smallest absolute Gasteiger partial charge is 0.271 e. The molecule has 0 spiro atoms. The van der Waals surface area contributed by atoms with Crippen LogP contribution >= 0.6 is 22.7 Å². The van der Waals surface area contributed by atoms with Gasteiger partial charge in [-0.25, -0.2) is 4.99 Å². The van der Waals surface area contributed by atoms with Gasteiger partial charge >= 0.3 is 0 Å². The van der Waals surface area contributed by atoms with Gasteiger partial charge in [0.05, 0.1) is 18.8 Å². The Bertz CT molecular complexity index is 1100. The SMILES string of the molecule is COc1ccc(N2CN=c3sc(=Cc4cccs4)c(=O)n3C2)cc1OC. The van der Waals surface area contributed by atoms with Gasteiger partial charge in [-0.15, -0.1) is 11.3 Å². The Morgan fingerprint density at radius 2 is 2.04 bits per heavy atom. The second-order valence-electron chi connectivity index (χ2n) is 5.66. The van der Waals surface area contributed by atoms with Gasteiger partial charge in [0.15, 0.2) is 16.3 Å². The highest BCUT2D eigenvalue weighted by Gasteiger charge is 2.17. The summed E-state index contributed by atoms with van der Waals surface area (Å²) >= 11 is 3.05. The number of anilines is 1. The second kappa shape index (κ2) is 6.97.